The van der Waals surface area contributed by atoms with Gasteiger partial charge in [-0.3, -0.25) is 0 Å². The molecule has 1 fully saturated rings. The summed E-state index contributed by atoms with van der Waals surface area (Å²) in [6.07, 6.45) is 0.863. The van der Waals surface area contributed by atoms with E-state index in [0.29, 0.717) is 16.4 Å². The molecule has 31 heavy (non-hydrogen) atoms. The van der Waals surface area contributed by atoms with Gasteiger partial charge in [-0.1, -0.05) is 17.7 Å². The third-order valence-corrected chi connectivity index (χ3v) is 5.13. The van der Waals surface area contributed by atoms with E-state index in [9.17, 15) is 13.2 Å². The topological polar surface area (TPSA) is 59.1 Å². The summed E-state index contributed by atoms with van der Waals surface area (Å²) in [5.74, 6) is 0.421. The van der Waals surface area contributed by atoms with Crippen molar-refractivity contribution in [1.29, 1.82) is 0 Å². The predicted molar refractivity (Wildman–Crippen MR) is 114 cm³/mol. The standard InChI is InChI=1S/C22H20ClF3N4O/c23-14-4-3-5-16(12-14)28-20-19(22(24,25)26)13-27-21(30-20)29-15-8-10-18(11-9-15)31-17-6-1-2-7-17/h3-5,8-13,17H,1-2,6-7H2,(H2,27,28,29,30). The molecule has 0 atom stereocenters. The molecule has 1 saturated carbocycles. The lowest BCUT2D eigenvalue weighted by Gasteiger charge is -2.15. The molecule has 2 aromatic carbocycles. The fourth-order valence-corrected chi connectivity index (χ4v) is 3.58. The van der Waals surface area contributed by atoms with Crippen LogP contribution >= 0.6 is 11.6 Å². The van der Waals surface area contributed by atoms with Gasteiger partial charge < -0.3 is 15.4 Å². The lowest BCUT2D eigenvalue weighted by Crippen LogP contribution is -2.12. The Morgan fingerprint density at radius 1 is 0.968 bits per heavy atom. The number of anilines is 4. The van der Waals surface area contributed by atoms with Crippen molar-refractivity contribution < 1.29 is 17.9 Å². The van der Waals surface area contributed by atoms with Gasteiger partial charge >= 0.3 is 6.18 Å². The zero-order valence-electron chi connectivity index (χ0n) is 16.4. The Morgan fingerprint density at radius 2 is 1.71 bits per heavy atom. The van der Waals surface area contributed by atoms with Gasteiger partial charge in [-0.2, -0.15) is 18.2 Å². The van der Waals surface area contributed by atoms with Crippen LogP contribution in [0.2, 0.25) is 5.02 Å². The first-order chi connectivity index (χ1) is 14.9. The minimum atomic E-state index is -4.61. The number of benzene rings is 2. The second-order valence-corrected chi connectivity index (χ2v) is 7.70. The first-order valence-electron chi connectivity index (χ1n) is 9.87. The zero-order valence-corrected chi connectivity index (χ0v) is 17.2. The number of rotatable bonds is 6. The van der Waals surface area contributed by atoms with Crippen LogP contribution in [0.5, 0.6) is 5.75 Å². The van der Waals surface area contributed by atoms with Crippen molar-refractivity contribution in [2.45, 2.75) is 38.0 Å². The van der Waals surface area contributed by atoms with Gasteiger partial charge in [-0.25, -0.2) is 4.98 Å². The molecule has 162 valence electrons. The van der Waals surface area contributed by atoms with Crippen LogP contribution in [-0.2, 0) is 6.18 Å². The Labute approximate surface area is 182 Å². The molecule has 9 heteroatoms. The van der Waals surface area contributed by atoms with E-state index in [1.165, 1.54) is 18.9 Å². The highest BCUT2D eigenvalue weighted by Gasteiger charge is 2.35. The largest absolute Gasteiger partial charge is 0.490 e. The fraction of sp³-hybridized carbons (Fsp3) is 0.273. The van der Waals surface area contributed by atoms with Crippen LogP contribution in [0.25, 0.3) is 0 Å². The molecule has 0 unspecified atom stereocenters. The first-order valence-corrected chi connectivity index (χ1v) is 10.3. The molecule has 1 aliphatic rings. The Kier molecular flexibility index (Phi) is 6.18. The molecule has 0 amide bonds. The van der Waals surface area contributed by atoms with Crippen molar-refractivity contribution >= 4 is 34.7 Å². The second-order valence-electron chi connectivity index (χ2n) is 7.26. The average molecular weight is 449 g/mol. The summed E-state index contributed by atoms with van der Waals surface area (Å²) in [5, 5.41) is 6.00. The molecule has 0 aliphatic heterocycles. The van der Waals surface area contributed by atoms with Crippen LogP contribution in [0.4, 0.5) is 36.3 Å². The fourth-order valence-electron chi connectivity index (χ4n) is 3.39. The van der Waals surface area contributed by atoms with Gasteiger partial charge in [0, 0.05) is 22.6 Å². The van der Waals surface area contributed by atoms with Crippen LogP contribution in [-0.4, -0.2) is 16.1 Å². The van der Waals surface area contributed by atoms with E-state index in [-0.39, 0.29) is 17.9 Å². The number of aromatic nitrogens is 2. The molecule has 0 bridgehead atoms. The van der Waals surface area contributed by atoms with Crippen molar-refractivity contribution in [1.82, 2.24) is 9.97 Å². The Bertz CT molecular complexity index is 1040. The van der Waals surface area contributed by atoms with Crippen LogP contribution < -0.4 is 15.4 Å². The minimum absolute atomic E-state index is 0.0296. The van der Waals surface area contributed by atoms with E-state index in [0.717, 1.165) is 24.8 Å². The highest BCUT2D eigenvalue weighted by Crippen LogP contribution is 2.35. The lowest BCUT2D eigenvalue weighted by atomic mass is 10.2. The number of ether oxygens (including phenoxy) is 1. The van der Waals surface area contributed by atoms with Crippen molar-refractivity contribution in [3.8, 4) is 5.75 Å². The van der Waals surface area contributed by atoms with Gasteiger partial charge in [-0.15, -0.1) is 0 Å². The Hall–Kier alpha value is -3.00. The molecular formula is C22H20ClF3N4O. The molecule has 1 heterocycles. The van der Waals surface area contributed by atoms with Crippen LogP contribution in [0.1, 0.15) is 31.2 Å². The maximum atomic E-state index is 13.4. The Morgan fingerprint density at radius 3 is 2.39 bits per heavy atom. The number of nitrogens with zero attached hydrogens (tertiary/aromatic N) is 2. The van der Waals surface area contributed by atoms with Crippen LogP contribution in [0, 0.1) is 0 Å². The highest BCUT2D eigenvalue weighted by molar-refractivity contribution is 6.30. The van der Waals surface area contributed by atoms with Crippen molar-refractivity contribution in [2.75, 3.05) is 10.6 Å². The smallest absolute Gasteiger partial charge is 0.421 e. The van der Waals surface area contributed by atoms with E-state index in [4.69, 9.17) is 16.3 Å². The lowest BCUT2D eigenvalue weighted by molar-refractivity contribution is -0.137. The number of nitrogens with one attached hydrogen (secondary N) is 2. The van der Waals surface area contributed by atoms with Crippen LogP contribution in [0.3, 0.4) is 0 Å². The maximum absolute atomic E-state index is 13.4. The third kappa shape index (κ3) is 5.58. The molecule has 1 aliphatic carbocycles. The molecule has 2 N–H and O–H groups in total. The predicted octanol–water partition coefficient (Wildman–Crippen LogP) is 6.96. The van der Waals surface area contributed by atoms with Crippen LogP contribution in [0.15, 0.2) is 54.7 Å². The van der Waals surface area contributed by atoms with Gasteiger partial charge in [0.1, 0.15) is 17.1 Å². The molecular weight excluding hydrogens is 429 g/mol. The van der Waals surface area contributed by atoms with Crippen molar-refractivity contribution in [2.24, 2.45) is 0 Å². The SMILES string of the molecule is FC(F)(F)c1cnc(Nc2ccc(OC3CCCC3)cc2)nc1Nc1cccc(Cl)c1. The van der Waals surface area contributed by atoms with Gasteiger partial charge in [-0.05, 0) is 68.1 Å². The summed E-state index contributed by atoms with van der Waals surface area (Å²) in [4.78, 5) is 7.86. The summed E-state index contributed by atoms with van der Waals surface area (Å²) in [6.45, 7) is 0. The van der Waals surface area contributed by atoms with Gasteiger partial charge in [0.05, 0.1) is 6.10 Å². The quantitative estimate of drug-likeness (QED) is 0.427. The van der Waals surface area contributed by atoms with Gasteiger partial charge in [0.15, 0.2) is 0 Å². The third-order valence-electron chi connectivity index (χ3n) is 4.90. The van der Waals surface area contributed by atoms with E-state index < -0.39 is 11.7 Å². The number of hydrogen-bond donors (Lipinski definition) is 2. The van der Waals surface area contributed by atoms with E-state index in [1.807, 2.05) is 12.1 Å². The monoisotopic (exact) mass is 448 g/mol. The maximum Gasteiger partial charge on any atom is 0.421 e. The summed E-state index contributed by atoms with van der Waals surface area (Å²) in [6, 6.07) is 13.6. The normalized spacial score (nSPS) is 14.5. The number of halogens is 4. The van der Waals surface area contributed by atoms with E-state index >= 15 is 0 Å². The molecule has 0 spiro atoms. The number of alkyl halides is 3. The molecule has 4 rings (SSSR count). The molecule has 5 nitrogen and oxygen atoms in total. The van der Waals surface area contributed by atoms with Gasteiger partial charge in [0.2, 0.25) is 5.95 Å². The first kappa shape index (κ1) is 21.2. The van der Waals surface area contributed by atoms with E-state index in [2.05, 4.69) is 20.6 Å². The van der Waals surface area contributed by atoms with E-state index in [1.54, 1.807) is 30.3 Å². The summed E-state index contributed by atoms with van der Waals surface area (Å²) >= 11 is 5.93. The Balaban J connectivity index is 1.52. The summed E-state index contributed by atoms with van der Waals surface area (Å²) < 4.78 is 46.2. The molecule has 3 aromatic rings. The molecule has 1 aromatic heterocycles. The molecule has 0 radical (unpaired) electrons. The number of hydrogen-bond acceptors (Lipinski definition) is 5. The molecule has 0 saturated heterocycles. The highest BCUT2D eigenvalue weighted by atomic mass is 35.5. The van der Waals surface area contributed by atoms with Crippen molar-refractivity contribution in [3.63, 3.8) is 0 Å². The summed E-state index contributed by atoms with van der Waals surface area (Å²) in [7, 11) is 0. The zero-order chi connectivity index (χ0) is 21.8. The van der Waals surface area contributed by atoms with Crippen molar-refractivity contribution in [3.05, 3.63) is 65.3 Å². The summed E-state index contributed by atoms with van der Waals surface area (Å²) in [5.41, 5.74) is 0.0432. The second kappa shape index (κ2) is 9.01. The van der Waals surface area contributed by atoms with Gasteiger partial charge in [0.25, 0.3) is 0 Å². The minimum Gasteiger partial charge on any atom is -0.490 e. The average Bonchev–Trinajstić information content (AvgIpc) is 3.22.